The van der Waals surface area contributed by atoms with Crippen molar-refractivity contribution >= 4 is 32.7 Å². The summed E-state index contributed by atoms with van der Waals surface area (Å²) in [5.74, 6) is -0.0198. The third-order valence-electron chi connectivity index (χ3n) is 4.64. The molecule has 1 aliphatic rings. The second kappa shape index (κ2) is 7.66. The number of amides is 1. The molecule has 8 heteroatoms. The fraction of sp³-hybridized carbons (Fsp3) is 0.421. The molecule has 1 N–H and O–H groups in total. The van der Waals surface area contributed by atoms with E-state index in [1.807, 2.05) is 53.9 Å². The maximum absolute atomic E-state index is 12.2. The van der Waals surface area contributed by atoms with Gasteiger partial charge in [0.25, 0.3) is 0 Å². The van der Waals surface area contributed by atoms with Gasteiger partial charge in [0.2, 0.25) is 5.91 Å². The molecule has 0 radical (unpaired) electrons. The number of fused-ring (bicyclic) bond motifs is 1. The van der Waals surface area contributed by atoms with Gasteiger partial charge >= 0.3 is 0 Å². The monoisotopic (exact) mass is 385 g/mol. The minimum atomic E-state index is -0.0198. The topological polar surface area (TPSA) is 72.3 Å². The van der Waals surface area contributed by atoms with E-state index in [-0.39, 0.29) is 18.6 Å². The highest BCUT2D eigenvalue weighted by Crippen LogP contribution is 2.31. The summed E-state index contributed by atoms with van der Waals surface area (Å²) in [6.07, 6.45) is 2.24. The summed E-state index contributed by atoms with van der Waals surface area (Å²) in [5.41, 5.74) is 2.74. The van der Waals surface area contributed by atoms with Crippen LogP contribution in [0.3, 0.4) is 0 Å². The second-order valence-corrected chi connectivity index (χ2v) is 7.75. The summed E-state index contributed by atoms with van der Waals surface area (Å²) in [7, 11) is 1.89. The van der Waals surface area contributed by atoms with Gasteiger partial charge in [-0.15, -0.1) is 0 Å². The first-order chi connectivity index (χ1) is 13.1. The maximum atomic E-state index is 12.2. The van der Waals surface area contributed by atoms with Crippen LogP contribution in [0.1, 0.15) is 18.5 Å². The van der Waals surface area contributed by atoms with Gasteiger partial charge in [0.05, 0.1) is 28.7 Å². The zero-order valence-corrected chi connectivity index (χ0v) is 16.3. The molecule has 1 aromatic carbocycles. The normalized spacial score (nSPS) is 16.7. The number of anilines is 1. The smallest absolute Gasteiger partial charge is 0.239 e. The summed E-state index contributed by atoms with van der Waals surface area (Å²) in [6.45, 7) is 3.62. The molecule has 0 bridgehead atoms. The van der Waals surface area contributed by atoms with E-state index in [0.29, 0.717) is 6.54 Å². The van der Waals surface area contributed by atoms with Crippen molar-refractivity contribution in [1.29, 1.82) is 0 Å². The van der Waals surface area contributed by atoms with Crippen LogP contribution in [0.4, 0.5) is 5.13 Å². The van der Waals surface area contributed by atoms with Crippen LogP contribution >= 0.6 is 11.3 Å². The highest BCUT2D eigenvalue weighted by atomic mass is 32.1. The van der Waals surface area contributed by atoms with Crippen molar-refractivity contribution in [1.82, 2.24) is 20.1 Å². The Labute approximate surface area is 162 Å². The standard InChI is InChI=1S/C19H23N5O2S/c1-13-17-18(24(22-13)14-7-4-3-5-8-14)21-19(27-17)23(2)12-16(25)20-11-15-9-6-10-26-15/h3-5,7-8,15H,6,9-12H2,1-2H3,(H,20,25)/t15-/m0/s1. The number of nitrogens with zero attached hydrogens (tertiary/aromatic N) is 4. The lowest BCUT2D eigenvalue weighted by molar-refractivity contribution is -0.120. The fourth-order valence-corrected chi connectivity index (χ4v) is 4.15. The van der Waals surface area contributed by atoms with E-state index in [1.165, 1.54) is 0 Å². The molecule has 1 saturated heterocycles. The van der Waals surface area contributed by atoms with Gasteiger partial charge in [-0.2, -0.15) is 10.1 Å². The van der Waals surface area contributed by atoms with Gasteiger partial charge < -0.3 is 15.0 Å². The Morgan fingerprint density at radius 1 is 1.41 bits per heavy atom. The number of aryl methyl sites for hydroxylation is 1. The molecule has 7 nitrogen and oxygen atoms in total. The molecule has 1 aliphatic heterocycles. The molecule has 0 saturated carbocycles. The summed E-state index contributed by atoms with van der Waals surface area (Å²) >= 11 is 1.56. The Morgan fingerprint density at radius 3 is 2.96 bits per heavy atom. The van der Waals surface area contributed by atoms with Crippen molar-refractivity contribution in [3.8, 4) is 5.69 Å². The molecule has 1 amide bonds. The van der Waals surface area contributed by atoms with Crippen molar-refractivity contribution in [2.24, 2.45) is 0 Å². The highest BCUT2D eigenvalue weighted by molar-refractivity contribution is 7.22. The largest absolute Gasteiger partial charge is 0.376 e. The average Bonchev–Trinajstić information content (AvgIpc) is 3.39. The first kappa shape index (κ1) is 17.9. The molecule has 142 valence electrons. The number of benzene rings is 1. The molecule has 1 atom stereocenters. The molecule has 4 rings (SSSR count). The first-order valence-electron chi connectivity index (χ1n) is 9.13. The SMILES string of the molecule is Cc1nn(-c2ccccc2)c2nc(N(C)CC(=O)NC[C@@H]3CCCO3)sc12. The van der Waals surface area contributed by atoms with Crippen molar-refractivity contribution in [2.75, 3.05) is 31.6 Å². The molecule has 1 fully saturated rings. The van der Waals surface area contributed by atoms with E-state index < -0.39 is 0 Å². The van der Waals surface area contributed by atoms with Crippen LogP contribution in [0, 0.1) is 6.92 Å². The van der Waals surface area contributed by atoms with Gasteiger partial charge in [-0.1, -0.05) is 29.5 Å². The molecule has 0 aliphatic carbocycles. The maximum Gasteiger partial charge on any atom is 0.239 e. The summed E-state index contributed by atoms with van der Waals surface area (Å²) in [6, 6.07) is 9.96. The minimum Gasteiger partial charge on any atom is -0.376 e. The quantitative estimate of drug-likeness (QED) is 0.706. The molecule has 0 spiro atoms. The number of carbonyl (C=O) groups is 1. The number of likely N-dealkylation sites (N-methyl/N-ethyl adjacent to an activating group) is 1. The van der Waals surface area contributed by atoms with Crippen molar-refractivity contribution in [3.05, 3.63) is 36.0 Å². The lowest BCUT2D eigenvalue weighted by Gasteiger charge is -2.16. The third-order valence-corrected chi connectivity index (χ3v) is 5.90. The van der Waals surface area contributed by atoms with Gasteiger partial charge in [-0.05, 0) is 31.9 Å². The molecule has 0 unspecified atom stereocenters. The van der Waals surface area contributed by atoms with E-state index in [4.69, 9.17) is 9.72 Å². The van der Waals surface area contributed by atoms with E-state index >= 15 is 0 Å². The van der Waals surface area contributed by atoms with Crippen molar-refractivity contribution in [3.63, 3.8) is 0 Å². The van der Waals surface area contributed by atoms with Crippen molar-refractivity contribution < 1.29 is 9.53 Å². The fourth-order valence-electron chi connectivity index (χ4n) is 3.21. The van der Waals surface area contributed by atoms with Crippen LogP contribution in [0.25, 0.3) is 16.0 Å². The van der Waals surface area contributed by atoms with E-state index in [0.717, 1.165) is 46.3 Å². The Morgan fingerprint density at radius 2 is 2.22 bits per heavy atom. The predicted molar refractivity (Wildman–Crippen MR) is 107 cm³/mol. The van der Waals surface area contributed by atoms with Gasteiger partial charge in [0, 0.05) is 20.2 Å². The van der Waals surface area contributed by atoms with Crippen LogP contribution in [0.5, 0.6) is 0 Å². The molecular formula is C19H23N5O2S. The zero-order valence-electron chi connectivity index (χ0n) is 15.5. The average molecular weight is 385 g/mol. The third kappa shape index (κ3) is 3.81. The van der Waals surface area contributed by atoms with Crippen LogP contribution in [-0.4, -0.2) is 53.5 Å². The highest BCUT2D eigenvalue weighted by Gasteiger charge is 2.20. The number of para-hydroxylation sites is 1. The lowest BCUT2D eigenvalue weighted by atomic mass is 10.2. The second-order valence-electron chi connectivity index (χ2n) is 6.78. The van der Waals surface area contributed by atoms with Crippen LogP contribution in [-0.2, 0) is 9.53 Å². The summed E-state index contributed by atoms with van der Waals surface area (Å²) in [5, 5.41) is 8.37. The molecule has 3 heterocycles. The van der Waals surface area contributed by atoms with Gasteiger partial charge in [-0.3, -0.25) is 4.79 Å². The molecule has 27 heavy (non-hydrogen) atoms. The Bertz CT molecular complexity index is 930. The van der Waals surface area contributed by atoms with Crippen LogP contribution < -0.4 is 10.2 Å². The Kier molecular flexibility index (Phi) is 5.09. The van der Waals surface area contributed by atoms with Crippen molar-refractivity contribution in [2.45, 2.75) is 25.9 Å². The number of aromatic nitrogens is 3. The van der Waals surface area contributed by atoms with Gasteiger partial charge in [-0.25, -0.2) is 4.68 Å². The summed E-state index contributed by atoms with van der Waals surface area (Å²) in [4.78, 5) is 18.9. The number of hydrogen-bond acceptors (Lipinski definition) is 6. The number of ether oxygens (including phenoxy) is 1. The number of carbonyl (C=O) groups excluding carboxylic acids is 1. The van der Waals surface area contributed by atoms with Gasteiger partial charge in [0.1, 0.15) is 0 Å². The summed E-state index contributed by atoms with van der Waals surface area (Å²) < 4.78 is 8.44. The van der Waals surface area contributed by atoms with Crippen LogP contribution in [0.2, 0.25) is 0 Å². The first-order valence-corrected chi connectivity index (χ1v) is 9.94. The van der Waals surface area contributed by atoms with E-state index in [1.54, 1.807) is 11.3 Å². The number of rotatable bonds is 6. The van der Waals surface area contributed by atoms with Crippen LogP contribution in [0.15, 0.2) is 30.3 Å². The van der Waals surface area contributed by atoms with E-state index in [2.05, 4.69) is 10.4 Å². The number of hydrogen-bond donors (Lipinski definition) is 1. The van der Waals surface area contributed by atoms with E-state index in [9.17, 15) is 4.79 Å². The Balaban J connectivity index is 1.47. The zero-order chi connectivity index (χ0) is 18.8. The molecular weight excluding hydrogens is 362 g/mol. The predicted octanol–water partition coefficient (Wildman–Crippen LogP) is 2.52. The van der Waals surface area contributed by atoms with Gasteiger partial charge in [0.15, 0.2) is 10.8 Å². The minimum absolute atomic E-state index is 0.0198. The lowest BCUT2D eigenvalue weighted by Crippen LogP contribution is -2.38. The number of nitrogens with one attached hydrogen (secondary N) is 1. The molecule has 2 aromatic heterocycles. The molecule has 3 aromatic rings. The Hall–Kier alpha value is -2.45. The number of thiazole rings is 1.